The van der Waals surface area contributed by atoms with Crippen LogP contribution in [0.25, 0.3) is 0 Å². The molecule has 0 aromatic heterocycles. The Hall–Kier alpha value is -1.75. The highest BCUT2D eigenvalue weighted by molar-refractivity contribution is 5.86. The molecule has 0 aliphatic heterocycles. The van der Waals surface area contributed by atoms with Crippen LogP contribution in [0.2, 0.25) is 0 Å². The van der Waals surface area contributed by atoms with Gasteiger partial charge in [0.25, 0.3) is 0 Å². The molecule has 0 bridgehead atoms. The molecule has 0 aliphatic carbocycles. The second-order valence-electron chi connectivity index (χ2n) is 5.70. The fourth-order valence-corrected chi connectivity index (χ4v) is 1.72. The molecule has 0 saturated heterocycles. The zero-order valence-corrected chi connectivity index (χ0v) is 12.7. The highest BCUT2D eigenvalue weighted by atomic mass is 16.6. The molecular formula is C15H23NO4. The number of carbonyl (C=O) groups excluding carboxylic acids is 1. The monoisotopic (exact) mass is 281 g/mol. The minimum absolute atomic E-state index is 0.419. The molecule has 0 fully saturated rings. The van der Waals surface area contributed by atoms with E-state index in [-0.39, 0.29) is 0 Å². The first-order valence-electron chi connectivity index (χ1n) is 6.56. The van der Waals surface area contributed by atoms with Gasteiger partial charge in [-0.2, -0.15) is 0 Å². The second kappa shape index (κ2) is 6.61. The van der Waals surface area contributed by atoms with Gasteiger partial charge in [-0.25, -0.2) is 4.79 Å². The van der Waals surface area contributed by atoms with Crippen molar-refractivity contribution in [1.29, 1.82) is 0 Å². The molecule has 0 heterocycles. The molecule has 1 atom stereocenters. The van der Waals surface area contributed by atoms with Crippen LogP contribution in [-0.4, -0.2) is 30.0 Å². The number of aliphatic hydroxyl groups excluding tert-OH is 1. The molecule has 1 rings (SSSR count). The van der Waals surface area contributed by atoms with Crippen molar-refractivity contribution in [3.63, 3.8) is 0 Å². The van der Waals surface area contributed by atoms with Crippen molar-refractivity contribution in [3.8, 4) is 5.75 Å². The maximum absolute atomic E-state index is 11.8. The predicted octanol–water partition coefficient (Wildman–Crippen LogP) is 2.97. The maximum Gasteiger partial charge on any atom is 0.412 e. The molecule has 5 nitrogen and oxygen atoms in total. The normalized spacial score (nSPS) is 12.7. The lowest BCUT2D eigenvalue weighted by atomic mass is 10.1. The Labute approximate surface area is 119 Å². The Balaban J connectivity index is 2.90. The molecule has 1 unspecified atom stereocenters. The average Bonchev–Trinajstić information content (AvgIpc) is 2.28. The molecule has 1 amide bonds. The fraction of sp³-hybridized carbons (Fsp3) is 0.533. The first kappa shape index (κ1) is 16.3. The lowest BCUT2D eigenvalue weighted by Crippen LogP contribution is -2.27. The van der Waals surface area contributed by atoms with E-state index < -0.39 is 17.8 Å². The van der Waals surface area contributed by atoms with E-state index in [1.54, 1.807) is 53.0 Å². The number of carbonyl (C=O) groups is 1. The van der Waals surface area contributed by atoms with Gasteiger partial charge in [-0.05, 0) is 51.5 Å². The van der Waals surface area contributed by atoms with Gasteiger partial charge in [0.1, 0.15) is 11.4 Å². The first-order chi connectivity index (χ1) is 9.21. The summed E-state index contributed by atoms with van der Waals surface area (Å²) in [5.41, 5.74) is 0.854. The van der Waals surface area contributed by atoms with Crippen LogP contribution in [0.1, 0.15) is 33.3 Å². The summed E-state index contributed by atoms with van der Waals surface area (Å²) < 4.78 is 10.4. The van der Waals surface area contributed by atoms with Gasteiger partial charge in [0.05, 0.1) is 13.2 Å². The third kappa shape index (κ3) is 5.48. The van der Waals surface area contributed by atoms with Crippen LogP contribution in [0.15, 0.2) is 18.2 Å². The molecule has 2 N–H and O–H groups in total. The standard InChI is InChI=1S/C15H23NO4/c1-10(17)8-11-9-12(19-5)6-7-13(11)16-14(18)20-15(2,3)4/h6-7,9-10,17H,8H2,1-5H3,(H,16,18). The molecule has 1 aromatic rings. The van der Waals surface area contributed by atoms with Crippen molar-refractivity contribution in [2.24, 2.45) is 0 Å². The average molecular weight is 281 g/mol. The summed E-state index contributed by atoms with van der Waals surface area (Å²) in [5, 5.41) is 12.2. The van der Waals surface area contributed by atoms with Crippen LogP contribution in [0.4, 0.5) is 10.5 Å². The number of nitrogens with one attached hydrogen (secondary N) is 1. The zero-order valence-electron chi connectivity index (χ0n) is 12.7. The number of methoxy groups -OCH3 is 1. The van der Waals surface area contributed by atoms with Gasteiger partial charge in [-0.15, -0.1) is 0 Å². The smallest absolute Gasteiger partial charge is 0.412 e. The first-order valence-corrected chi connectivity index (χ1v) is 6.56. The summed E-state index contributed by atoms with van der Waals surface area (Å²) in [5.74, 6) is 0.676. The van der Waals surface area contributed by atoms with E-state index in [0.717, 1.165) is 5.56 Å². The van der Waals surface area contributed by atoms with Gasteiger partial charge in [0.15, 0.2) is 0 Å². The van der Waals surface area contributed by atoms with Crippen molar-refractivity contribution in [3.05, 3.63) is 23.8 Å². The summed E-state index contributed by atoms with van der Waals surface area (Å²) in [4.78, 5) is 11.8. The molecule has 112 valence electrons. The van der Waals surface area contributed by atoms with Crippen molar-refractivity contribution in [2.45, 2.75) is 45.8 Å². The summed E-state index contributed by atoms with van der Waals surface area (Å²) >= 11 is 0. The molecule has 0 radical (unpaired) electrons. The van der Waals surface area contributed by atoms with E-state index in [0.29, 0.717) is 17.9 Å². The Morgan fingerprint density at radius 3 is 2.55 bits per heavy atom. The van der Waals surface area contributed by atoms with Crippen LogP contribution < -0.4 is 10.1 Å². The van der Waals surface area contributed by atoms with Gasteiger partial charge >= 0.3 is 6.09 Å². The van der Waals surface area contributed by atoms with Crippen LogP contribution in [0.3, 0.4) is 0 Å². The van der Waals surface area contributed by atoms with Crippen molar-refractivity contribution in [2.75, 3.05) is 12.4 Å². The largest absolute Gasteiger partial charge is 0.497 e. The number of amides is 1. The third-order valence-corrected chi connectivity index (χ3v) is 2.46. The number of rotatable bonds is 4. The van der Waals surface area contributed by atoms with Gasteiger partial charge in [-0.3, -0.25) is 5.32 Å². The Kier molecular flexibility index (Phi) is 5.39. The van der Waals surface area contributed by atoms with Gasteiger partial charge in [0.2, 0.25) is 0 Å². The number of anilines is 1. The lowest BCUT2D eigenvalue weighted by Gasteiger charge is -2.21. The van der Waals surface area contributed by atoms with Gasteiger partial charge in [-0.1, -0.05) is 0 Å². The topological polar surface area (TPSA) is 67.8 Å². The zero-order chi connectivity index (χ0) is 15.3. The number of hydrogen-bond acceptors (Lipinski definition) is 4. The molecular weight excluding hydrogens is 258 g/mol. The van der Waals surface area contributed by atoms with E-state index >= 15 is 0 Å². The highest BCUT2D eigenvalue weighted by Crippen LogP contribution is 2.24. The van der Waals surface area contributed by atoms with Gasteiger partial charge < -0.3 is 14.6 Å². The minimum atomic E-state index is -0.555. The summed E-state index contributed by atoms with van der Waals surface area (Å²) in [6.07, 6.45) is -0.613. The molecule has 5 heteroatoms. The Morgan fingerprint density at radius 2 is 2.05 bits per heavy atom. The van der Waals surface area contributed by atoms with E-state index in [1.807, 2.05) is 0 Å². The van der Waals surface area contributed by atoms with Crippen LogP contribution >= 0.6 is 0 Å². The fourth-order valence-electron chi connectivity index (χ4n) is 1.72. The van der Waals surface area contributed by atoms with Crippen LogP contribution in [-0.2, 0) is 11.2 Å². The number of benzene rings is 1. The summed E-state index contributed by atoms with van der Waals surface area (Å²) in [7, 11) is 1.57. The predicted molar refractivity (Wildman–Crippen MR) is 78.2 cm³/mol. The Morgan fingerprint density at radius 1 is 1.40 bits per heavy atom. The van der Waals surface area contributed by atoms with E-state index in [1.165, 1.54) is 0 Å². The highest BCUT2D eigenvalue weighted by Gasteiger charge is 2.17. The van der Waals surface area contributed by atoms with Crippen molar-refractivity contribution < 1.29 is 19.4 Å². The number of ether oxygens (including phenoxy) is 2. The second-order valence-corrected chi connectivity index (χ2v) is 5.70. The number of aliphatic hydroxyl groups is 1. The molecule has 20 heavy (non-hydrogen) atoms. The lowest BCUT2D eigenvalue weighted by molar-refractivity contribution is 0.0635. The van der Waals surface area contributed by atoms with E-state index in [9.17, 15) is 9.90 Å². The summed E-state index contributed by atoms with van der Waals surface area (Å²) in [6, 6.07) is 5.28. The maximum atomic E-state index is 11.8. The van der Waals surface area contributed by atoms with Crippen LogP contribution in [0, 0.1) is 0 Å². The van der Waals surface area contributed by atoms with Gasteiger partial charge in [0, 0.05) is 12.1 Å². The number of hydrogen-bond donors (Lipinski definition) is 2. The molecule has 0 saturated carbocycles. The SMILES string of the molecule is COc1ccc(NC(=O)OC(C)(C)C)c(CC(C)O)c1. The van der Waals surface area contributed by atoms with E-state index in [2.05, 4.69) is 5.32 Å². The van der Waals surface area contributed by atoms with Crippen molar-refractivity contribution in [1.82, 2.24) is 0 Å². The third-order valence-electron chi connectivity index (χ3n) is 2.46. The van der Waals surface area contributed by atoms with E-state index in [4.69, 9.17) is 9.47 Å². The minimum Gasteiger partial charge on any atom is -0.497 e. The Bertz CT molecular complexity index is 463. The summed E-state index contributed by atoms with van der Waals surface area (Å²) in [6.45, 7) is 7.10. The molecule has 0 aliphatic rings. The van der Waals surface area contributed by atoms with Crippen LogP contribution in [0.5, 0.6) is 5.75 Å². The van der Waals surface area contributed by atoms with Crippen molar-refractivity contribution >= 4 is 11.8 Å². The quantitative estimate of drug-likeness (QED) is 0.890. The molecule has 0 spiro atoms. The molecule has 1 aromatic carbocycles.